The van der Waals surface area contributed by atoms with E-state index in [1.54, 1.807) is 0 Å². The van der Waals surface area contributed by atoms with E-state index in [0.717, 1.165) is 6.42 Å². The van der Waals surface area contributed by atoms with E-state index in [9.17, 15) is 0 Å². The highest BCUT2D eigenvalue weighted by atomic mass is 14.3. The summed E-state index contributed by atoms with van der Waals surface area (Å²) < 4.78 is 0. The van der Waals surface area contributed by atoms with Crippen molar-refractivity contribution < 1.29 is 0 Å². The van der Waals surface area contributed by atoms with E-state index in [4.69, 9.17) is 0 Å². The third-order valence-electron chi connectivity index (χ3n) is 6.57. The van der Waals surface area contributed by atoms with E-state index < -0.39 is 0 Å². The Morgan fingerprint density at radius 3 is 2.03 bits per heavy atom. The Kier molecular flexibility index (Phi) is 4.70. The molecule has 0 aromatic heterocycles. The van der Waals surface area contributed by atoms with Crippen molar-refractivity contribution in [2.45, 2.75) is 12.3 Å². The highest BCUT2D eigenvalue weighted by Crippen LogP contribution is 2.47. The summed E-state index contributed by atoms with van der Waals surface area (Å²) in [4.78, 5) is 0. The lowest BCUT2D eigenvalue weighted by atomic mass is 9.86. The SMILES string of the molecule is C1=CCC(C2c3ccccc3-c3ccc(=Cc4ccccc4)c(=Cc4ccccc4)c32)=C1. The number of fused-ring (bicyclic) bond motifs is 3. The number of benzene rings is 4. The van der Waals surface area contributed by atoms with Gasteiger partial charge in [-0.1, -0.05) is 121 Å². The molecular weight excluding hydrogens is 384 g/mol. The molecule has 0 aliphatic heterocycles. The molecule has 152 valence electrons. The first kappa shape index (κ1) is 18.8. The first-order chi connectivity index (χ1) is 15.9. The lowest BCUT2D eigenvalue weighted by Gasteiger charge is -2.16. The molecule has 0 nitrogen and oxygen atoms in total. The molecule has 0 bridgehead atoms. The molecule has 2 aliphatic rings. The molecule has 0 radical (unpaired) electrons. The number of hydrogen-bond donors (Lipinski definition) is 0. The molecule has 0 heteroatoms. The second kappa shape index (κ2) is 7.98. The van der Waals surface area contributed by atoms with Gasteiger partial charge in [0.1, 0.15) is 0 Å². The van der Waals surface area contributed by atoms with Gasteiger partial charge in [-0.05, 0) is 62.4 Å². The maximum Gasteiger partial charge on any atom is 0.0323 e. The van der Waals surface area contributed by atoms with E-state index in [1.165, 1.54) is 49.4 Å². The van der Waals surface area contributed by atoms with Crippen molar-refractivity contribution in [1.29, 1.82) is 0 Å². The summed E-state index contributed by atoms with van der Waals surface area (Å²) in [5, 5.41) is 2.59. The number of hydrogen-bond acceptors (Lipinski definition) is 0. The average Bonchev–Trinajstić information content (AvgIpc) is 3.48. The van der Waals surface area contributed by atoms with Crippen molar-refractivity contribution in [2.75, 3.05) is 0 Å². The third kappa shape index (κ3) is 3.25. The summed E-state index contributed by atoms with van der Waals surface area (Å²) in [6.07, 6.45) is 12.5. The average molecular weight is 409 g/mol. The third-order valence-corrected chi connectivity index (χ3v) is 6.57. The van der Waals surface area contributed by atoms with E-state index >= 15 is 0 Å². The molecule has 0 saturated heterocycles. The summed E-state index contributed by atoms with van der Waals surface area (Å²) in [6.45, 7) is 0. The van der Waals surface area contributed by atoms with Crippen LogP contribution in [0.15, 0.2) is 121 Å². The van der Waals surface area contributed by atoms with Crippen LogP contribution in [0.3, 0.4) is 0 Å². The molecule has 2 aliphatic carbocycles. The standard InChI is InChI=1S/C32H24/c1-3-11-23(12-4-1)21-26-19-20-29-27-17-9-10-18-28(27)31(25-15-7-8-16-25)32(29)30(26)22-24-13-5-2-6-14-24/h1-15,17-22,31H,16H2. The van der Waals surface area contributed by atoms with Gasteiger partial charge in [-0.3, -0.25) is 0 Å². The lowest BCUT2D eigenvalue weighted by molar-refractivity contribution is 0.938. The molecule has 1 atom stereocenters. The van der Waals surface area contributed by atoms with Gasteiger partial charge < -0.3 is 0 Å². The zero-order valence-corrected chi connectivity index (χ0v) is 17.9. The Morgan fingerprint density at radius 1 is 0.625 bits per heavy atom. The Morgan fingerprint density at radius 2 is 1.31 bits per heavy atom. The van der Waals surface area contributed by atoms with Crippen LogP contribution in [0.25, 0.3) is 23.3 Å². The van der Waals surface area contributed by atoms with Gasteiger partial charge in [0, 0.05) is 5.92 Å². The van der Waals surface area contributed by atoms with Crippen LogP contribution in [0.2, 0.25) is 0 Å². The maximum atomic E-state index is 2.37. The van der Waals surface area contributed by atoms with Crippen LogP contribution in [-0.4, -0.2) is 0 Å². The predicted molar refractivity (Wildman–Crippen MR) is 135 cm³/mol. The zero-order valence-electron chi connectivity index (χ0n) is 17.9. The molecular formula is C32H24. The molecule has 4 aromatic carbocycles. The van der Waals surface area contributed by atoms with E-state index in [0.29, 0.717) is 5.92 Å². The molecule has 4 aromatic rings. The van der Waals surface area contributed by atoms with Crippen molar-refractivity contribution in [1.82, 2.24) is 0 Å². The molecule has 0 spiro atoms. The van der Waals surface area contributed by atoms with Crippen molar-refractivity contribution in [3.8, 4) is 11.1 Å². The van der Waals surface area contributed by atoms with Gasteiger partial charge in [0.25, 0.3) is 0 Å². The molecule has 0 heterocycles. The minimum atomic E-state index is 0.301. The summed E-state index contributed by atoms with van der Waals surface area (Å²) in [6, 6.07) is 34.9. The van der Waals surface area contributed by atoms with Gasteiger partial charge in [-0.2, -0.15) is 0 Å². The van der Waals surface area contributed by atoms with Crippen molar-refractivity contribution >= 4 is 12.2 Å². The minimum absolute atomic E-state index is 0.301. The molecule has 0 saturated carbocycles. The van der Waals surface area contributed by atoms with Crippen LogP contribution < -0.4 is 10.4 Å². The fraction of sp³-hybridized carbons (Fsp3) is 0.0625. The smallest absolute Gasteiger partial charge is 0.0323 e. The lowest BCUT2D eigenvalue weighted by Crippen LogP contribution is -2.30. The maximum absolute atomic E-state index is 2.37. The van der Waals surface area contributed by atoms with E-state index in [1.807, 2.05) is 0 Å². The fourth-order valence-corrected chi connectivity index (χ4v) is 5.14. The Hall–Kier alpha value is -3.90. The normalized spacial score (nSPS) is 17.4. The summed E-state index contributed by atoms with van der Waals surface area (Å²) in [7, 11) is 0. The molecule has 1 unspecified atom stereocenters. The minimum Gasteiger partial charge on any atom is -0.0804 e. The first-order valence-electron chi connectivity index (χ1n) is 11.3. The number of rotatable bonds is 3. The molecule has 0 amide bonds. The van der Waals surface area contributed by atoms with Crippen LogP contribution in [-0.2, 0) is 0 Å². The van der Waals surface area contributed by atoms with Crippen molar-refractivity contribution in [2.24, 2.45) is 0 Å². The van der Waals surface area contributed by atoms with Gasteiger partial charge >= 0.3 is 0 Å². The molecule has 32 heavy (non-hydrogen) atoms. The molecule has 0 fully saturated rings. The fourth-order valence-electron chi connectivity index (χ4n) is 5.14. The second-order valence-electron chi connectivity index (χ2n) is 8.53. The largest absolute Gasteiger partial charge is 0.0804 e. The summed E-state index contributed by atoms with van der Waals surface area (Å²) in [5.41, 5.74) is 9.54. The Labute approximate surface area is 189 Å². The van der Waals surface area contributed by atoms with E-state index in [-0.39, 0.29) is 0 Å². The van der Waals surface area contributed by atoms with Crippen LogP contribution in [0.5, 0.6) is 0 Å². The van der Waals surface area contributed by atoms with Gasteiger partial charge in [0.15, 0.2) is 0 Å². The highest BCUT2D eigenvalue weighted by Gasteiger charge is 2.32. The van der Waals surface area contributed by atoms with Crippen LogP contribution >= 0.6 is 0 Å². The van der Waals surface area contributed by atoms with Crippen molar-refractivity contribution in [3.63, 3.8) is 0 Å². The predicted octanol–water partition coefficient (Wildman–Crippen LogP) is 6.34. The second-order valence-corrected chi connectivity index (χ2v) is 8.53. The zero-order chi connectivity index (χ0) is 21.3. The monoisotopic (exact) mass is 408 g/mol. The summed E-state index contributed by atoms with van der Waals surface area (Å²) >= 11 is 0. The van der Waals surface area contributed by atoms with Gasteiger partial charge in [0.2, 0.25) is 0 Å². The van der Waals surface area contributed by atoms with Crippen LogP contribution in [0.4, 0.5) is 0 Å². The summed E-state index contributed by atoms with van der Waals surface area (Å²) in [5.74, 6) is 0.301. The van der Waals surface area contributed by atoms with Gasteiger partial charge in [-0.25, -0.2) is 0 Å². The number of allylic oxidation sites excluding steroid dienone is 4. The van der Waals surface area contributed by atoms with Crippen LogP contribution in [0, 0.1) is 0 Å². The quantitative estimate of drug-likeness (QED) is 0.371. The molecule has 0 N–H and O–H groups in total. The first-order valence-corrected chi connectivity index (χ1v) is 11.3. The van der Waals surface area contributed by atoms with E-state index in [2.05, 4.69) is 127 Å². The van der Waals surface area contributed by atoms with Crippen LogP contribution in [0.1, 0.15) is 34.6 Å². The van der Waals surface area contributed by atoms with Crippen molar-refractivity contribution in [3.05, 3.63) is 154 Å². The highest BCUT2D eigenvalue weighted by molar-refractivity contribution is 5.82. The topological polar surface area (TPSA) is 0 Å². The molecule has 6 rings (SSSR count). The Balaban J connectivity index is 1.70. The van der Waals surface area contributed by atoms with Gasteiger partial charge in [-0.15, -0.1) is 0 Å². The Bertz CT molecular complexity index is 1470. The van der Waals surface area contributed by atoms with Gasteiger partial charge in [0.05, 0.1) is 0 Å².